The van der Waals surface area contributed by atoms with Gasteiger partial charge in [0, 0.05) is 12.0 Å². The predicted molar refractivity (Wildman–Crippen MR) is 71.0 cm³/mol. The Kier molecular flexibility index (Phi) is 2.70. The molecule has 0 fully saturated rings. The number of aromatic amines is 1. The molecule has 1 aliphatic rings. The third-order valence-electron chi connectivity index (χ3n) is 3.41. The average Bonchev–Trinajstić information content (AvgIpc) is 2.71. The number of H-pyrrole nitrogens is 1. The maximum Gasteiger partial charge on any atom is 0.124 e. The van der Waals surface area contributed by atoms with Crippen LogP contribution in [-0.2, 0) is 0 Å². The molecule has 18 heavy (non-hydrogen) atoms. The van der Waals surface area contributed by atoms with Crippen LogP contribution >= 0.6 is 0 Å². The first-order chi connectivity index (χ1) is 8.75. The molecular weight excluding hydrogens is 226 g/mol. The monoisotopic (exact) mass is 243 g/mol. The lowest BCUT2D eigenvalue weighted by molar-refractivity contribution is 0.274. The van der Waals surface area contributed by atoms with Gasteiger partial charge in [-0.1, -0.05) is 18.2 Å². The lowest BCUT2D eigenvalue weighted by Crippen LogP contribution is -2.20. The van der Waals surface area contributed by atoms with Crippen LogP contribution in [0.4, 0.5) is 5.69 Å². The molecule has 2 heterocycles. The maximum absolute atomic E-state index is 5.67. The summed E-state index contributed by atoms with van der Waals surface area (Å²) in [6.45, 7) is 4.80. The second-order valence-corrected chi connectivity index (χ2v) is 4.68. The fraction of sp³-hybridized carbons (Fsp3) is 0.357. The molecule has 3 rings (SSSR count). The van der Waals surface area contributed by atoms with Gasteiger partial charge in [-0.25, -0.2) is 0 Å². The van der Waals surface area contributed by atoms with Gasteiger partial charge in [-0.05, 0) is 19.9 Å². The fourth-order valence-corrected chi connectivity index (χ4v) is 2.43. The molecule has 1 aromatic heterocycles. The van der Waals surface area contributed by atoms with Gasteiger partial charge in [0.2, 0.25) is 0 Å². The van der Waals surface area contributed by atoms with E-state index in [1.807, 2.05) is 26.0 Å². The number of nitrogens with zero attached hydrogens (tertiary/aromatic N) is 1. The highest BCUT2D eigenvalue weighted by atomic mass is 16.5. The van der Waals surface area contributed by atoms with E-state index in [4.69, 9.17) is 4.74 Å². The van der Waals surface area contributed by atoms with E-state index in [2.05, 4.69) is 27.6 Å². The van der Waals surface area contributed by atoms with E-state index in [1.165, 1.54) is 5.56 Å². The van der Waals surface area contributed by atoms with Crippen molar-refractivity contribution in [2.45, 2.75) is 26.3 Å². The van der Waals surface area contributed by atoms with Crippen LogP contribution in [0.25, 0.3) is 0 Å². The van der Waals surface area contributed by atoms with Gasteiger partial charge >= 0.3 is 0 Å². The summed E-state index contributed by atoms with van der Waals surface area (Å²) in [4.78, 5) is 0. The van der Waals surface area contributed by atoms with E-state index >= 15 is 0 Å². The van der Waals surface area contributed by atoms with Crippen LogP contribution in [0.5, 0.6) is 5.75 Å². The van der Waals surface area contributed by atoms with Crippen LogP contribution in [0.3, 0.4) is 0 Å². The van der Waals surface area contributed by atoms with Crippen molar-refractivity contribution in [2.24, 2.45) is 0 Å². The highest BCUT2D eigenvalue weighted by Crippen LogP contribution is 2.34. The summed E-state index contributed by atoms with van der Waals surface area (Å²) in [5.74, 6) is 0.986. The van der Waals surface area contributed by atoms with Crippen molar-refractivity contribution in [3.8, 4) is 5.75 Å². The van der Waals surface area contributed by atoms with Crippen LogP contribution in [0.15, 0.2) is 24.3 Å². The molecule has 0 bridgehead atoms. The number of nitrogens with one attached hydrogen (secondary N) is 2. The number of benzene rings is 1. The molecule has 1 unspecified atom stereocenters. The van der Waals surface area contributed by atoms with Crippen molar-refractivity contribution < 1.29 is 4.74 Å². The van der Waals surface area contributed by atoms with E-state index in [1.54, 1.807) is 0 Å². The lowest BCUT2D eigenvalue weighted by atomic mass is 10.00. The number of rotatable bonds is 2. The normalized spacial score (nSPS) is 18.0. The fourth-order valence-electron chi connectivity index (χ4n) is 2.43. The Bertz CT molecular complexity index is 542. The van der Waals surface area contributed by atoms with Crippen LogP contribution in [0.1, 0.15) is 29.4 Å². The number of hydrogen-bond donors (Lipinski definition) is 2. The van der Waals surface area contributed by atoms with Crippen LogP contribution in [0.2, 0.25) is 0 Å². The topological polar surface area (TPSA) is 49.9 Å². The standard InChI is InChI=1S/C14H17N3O/c1-9-14(10(2)17-16-9)15-12-7-8-18-13-6-4-3-5-11(12)13/h3-6,12,15H,7-8H2,1-2H3,(H,16,17). The quantitative estimate of drug-likeness (QED) is 0.852. The number of anilines is 1. The van der Waals surface area contributed by atoms with Crippen molar-refractivity contribution in [1.82, 2.24) is 10.2 Å². The molecule has 0 spiro atoms. The molecule has 0 aliphatic carbocycles. The lowest BCUT2D eigenvalue weighted by Gasteiger charge is -2.27. The van der Waals surface area contributed by atoms with Crippen molar-refractivity contribution >= 4 is 5.69 Å². The minimum atomic E-state index is 0.296. The predicted octanol–water partition coefficient (Wildman–Crippen LogP) is 2.96. The Morgan fingerprint density at radius 2 is 2.17 bits per heavy atom. The van der Waals surface area contributed by atoms with Gasteiger partial charge in [0.25, 0.3) is 0 Å². The number of hydrogen-bond acceptors (Lipinski definition) is 3. The second kappa shape index (κ2) is 4.37. The third kappa shape index (κ3) is 1.83. The summed E-state index contributed by atoms with van der Waals surface area (Å²) in [6.07, 6.45) is 0.973. The summed E-state index contributed by atoms with van der Waals surface area (Å²) < 4.78 is 5.67. The highest BCUT2D eigenvalue weighted by Gasteiger charge is 2.22. The van der Waals surface area contributed by atoms with Crippen molar-refractivity contribution in [3.05, 3.63) is 41.2 Å². The summed E-state index contributed by atoms with van der Waals surface area (Å²) in [5, 5.41) is 10.8. The van der Waals surface area contributed by atoms with E-state index in [0.717, 1.165) is 35.9 Å². The molecular formula is C14H17N3O. The smallest absolute Gasteiger partial charge is 0.124 e. The van der Waals surface area contributed by atoms with E-state index in [0.29, 0.717) is 6.04 Å². The Hall–Kier alpha value is -1.97. The molecule has 4 nitrogen and oxygen atoms in total. The SMILES string of the molecule is Cc1n[nH]c(C)c1NC1CCOc2ccccc21. The zero-order valence-corrected chi connectivity index (χ0v) is 10.7. The van der Waals surface area contributed by atoms with Crippen molar-refractivity contribution in [2.75, 3.05) is 11.9 Å². The summed E-state index contributed by atoms with van der Waals surface area (Å²) in [6, 6.07) is 8.51. The molecule has 0 saturated carbocycles. The molecule has 94 valence electrons. The molecule has 0 amide bonds. The summed E-state index contributed by atoms with van der Waals surface area (Å²) in [7, 11) is 0. The van der Waals surface area contributed by atoms with Crippen LogP contribution in [-0.4, -0.2) is 16.8 Å². The summed E-state index contributed by atoms with van der Waals surface area (Å²) in [5.41, 5.74) is 4.42. The third-order valence-corrected chi connectivity index (χ3v) is 3.41. The number of fused-ring (bicyclic) bond motifs is 1. The minimum absolute atomic E-state index is 0.296. The Labute approximate surface area is 106 Å². The Morgan fingerprint density at radius 3 is 2.94 bits per heavy atom. The van der Waals surface area contributed by atoms with E-state index < -0.39 is 0 Å². The molecule has 2 aromatic rings. The highest BCUT2D eigenvalue weighted by molar-refractivity contribution is 5.54. The first-order valence-electron chi connectivity index (χ1n) is 6.25. The van der Waals surface area contributed by atoms with Crippen molar-refractivity contribution in [1.29, 1.82) is 0 Å². The van der Waals surface area contributed by atoms with Crippen LogP contribution < -0.4 is 10.1 Å². The largest absolute Gasteiger partial charge is 0.493 e. The molecule has 1 aliphatic heterocycles. The molecule has 1 aromatic carbocycles. The zero-order chi connectivity index (χ0) is 12.5. The van der Waals surface area contributed by atoms with E-state index in [9.17, 15) is 0 Å². The summed E-state index contributed by atoms with van der Waals surface area (Å²) >= 11 is 0. The molecule has 4 heteroatoms. The number of ether oxygens (including phenoxy) is 1. The first-order valence-corrected chi connectivity index (χ1v) is 6.25. The first kappa shape index (κ1) is 11.1. The average molecular weight is 243 g/mol. The van der Waals surface area contributed by atoms with Gasteiger partial charge < -0.3 is 10.1 Å². The van der Waals surface area contributed by atoms with Gasteiger partial charge in [-0.3, -0.25) is 5.10 Å². The van der Waals surface area contributed by atoms with Gasteiger partial charge in [-0.2, -0.15) is 5.10 Å². The van der Waals surface area contributed by atoms with Gasteiger partial charge in [0.1, 0.15) is 5.75 Å². The van der Waals surface area contributed by atoms with Gasteiger partial charge in [0.15, 0.2) is 0 Å². The molecule has 0 saturated heterocycles. The zero-order valence-electron chi connectivity index (χ0n) is 10.7. The van der Waals surface area contributed by atoms with Crippen LogP contribution in [0, 0.1) is 13.8 Å². The molecule has 1 atom stereocenters. The van der Waals surface area contributed by atoms with E-state index in [-0.39, 0.29) is 0 Å². The minimum Gasteiger partial charge on any atom is -0.493 e. The Morgan fingerprint density at radius 1 is 1.33 bits per heavy atom. The second-order valence-electron chi connectivity index (χ2n) is 4.68. The van der Waals surface area contributed by atoms with Gasteiger partial charge in [-0.15, -0.1) is 0 Å². The number of para-hydroxylation sites is 1. The van der Waals surface area contributed by atoms with Gasteiger partial charge in [0.05, 0.1) is 29.7 Å². The maximum atomic E-state index is 5.67. The van der Waals surface area contributed by atoms with Crippen molar-refractivity contribution in [3.63, 3.8) is 0 Å². The number of aromatic nitrogens is 2. The molecule has 0 radical (unpaired) electrons. The number of aryl methyl sites for hydroxylation is 2. The Balaban J connectivity index is 1.91. The molecule has 2 N–H and O–H groups in total.